The van der Waals surface area contributed by atoms with Gasteiger partial charge in [-0.25, -0.2) is 0 Å². The number of unbranched alkanes of at least 4 members (excludes halogenated alkanes) is 1. The molecule has 4 amide bonds. The zero-order chi connectivity index (χ0) is 19.4. The van der Waals surface area contributed by atoms with Crippen molar-refractivity contribution in [1.82, 2.24) is 9.80 Å². The minimum absolute atomic E-state index is 0.0232. The summed E-state index contributed by atoms with van der Waals surface area (Å²) in [6, 6.07) is -3.04. The van der Waals surface area contributed by atoms with Gasteiger partial charge >= 0.3 is 0 Å². The van der Waals surface area contributed by atoms with Crippen molar-refractivity contribution in [3.8, 4) is 0 Å². The zero-order valence-corrected chi connectivity index (χ0v) is 14.6. The predicted molar refractivity (Wildman–Crippen MR) is 89.4 cm³/mol. The molecule has 2 aliphatic heterocycles. The van der Waals surface area contributed by atoms with Gasteiger partial charge in [0, 0.05) is 37.1 Å². The summed E-state index contributed by atoms with van der Waals surface area (Å²) in [5, 5.41) is 0. The van der Waals surface area contributed by atoms with E-state index in [-0.39, 0.29) is 12.8 Å². The van der Waals surface area contributed by atoms with Crippen LogP contribution in [0.1, 0.15) is 39.5 Å². The lowest BCUT2D eigenvalue weighted by Gasteiger charge is -2.35. The van der Waals surface area contributed by atoms with E-state index in [0.717, 1.165) is 24.3 Å². The van der Waals surface area contributed by atoms with E-state index in [1.807, 2.05) is 6.92 Å². The third-order valence-corrected chi connectivity index (χ3v) is 4.33. The van der Waals surface area contributed by atoms with Crippen LogP contribution in [-0.2, 0) is 28.8 Å². The molecule has 2 atom stereocenters. The second kappa shape index (κ2) is 7.99. The van der Waals surface area contributed by atoms with Gasteiger partial charge in [0.1, 0.15) is 12.1 Å². The van der Waals surface area contributed by atoms with Crippen molar-refractivity contribution in [2.24, 2.45) is 0 Å². The maximum atomic E-state index is 12.8. The molecule has 2 unspecified atom stereocenters. The smallest absolute Gasteiger partial charge is 0.254 e. The van der Waals surface area contributed by atoms with E-state index in [1.165, 1.54) is 6.92 Å². The maximum Gasteiger partial charge on any atom is 0.254 e. The van der Waals surface area contributed by atoms with Gasteiger partial charge in [0.15, 0.2) is 11.6 Å². The first-order valence-electron chi connectivity index (χ1n) is 8.49. The number of hydrogen-bond donors (Lipinski definition) is 0. The average molecular weight is 360 g/mol. The Morgan fingerprint density at radius 2 is 1.15 bits per heavy atom. The van der Waals surface area contributed by atoms with Gasteiger partial charge in [0.25, 0.3) is 23.6 Å². The Bertz CT molecular complexity index is 700. The van der Waals surface area contributed by atoms with Crippen molar-refractivity contribution in [3.05, 3.63) is 24.3 Å². The highest BCUT2D eigenvalue weighted by Gasteiger charge is 2.48. The first-order chi connectivity index (χ1) is 12.3. The highest BCUT2D eigenvalue weighted by atomic mass is 16.2. The predicted octanol–water partition coefficient (Wildman–Crippen LogP) is 0.312. The molecule has 8 nitrogen and oxygen atoms in total. The Hall–Kier alpha value is -2.90. The van der Waals surface area contributed by atoms with Crippen LogP contribution in [0.4, 0.5) is 0 Å². The minimum atomic E-state index is -1.52. The van der Waals surface area contributed by atoms with Crippen LogP contribution in [0.3, 0.4) is 0 Å². The molecule has 0 N–H and O–H groups in total. The van der Waals surface area contributed by atoms with E-state index in [0.29, 0.717) is 22.6 Å². The summed E-state index contributed by atoms with van der Waals surface area (Å²) >= 11 is 0. The monoisotopic (exact) mass is 360 g/mol. The van der Waals surface area contributed by atoms with Crippen LogP contribution in [-0.4, -0.2) is 57.1 Å². The molecule has 0 aromatic rings. The van der Waals surface area contributed by atoms with Crippen molar-refractivity contribution in [2.75, 3.05) is 0 Å². The highest BCUT2D eigenvalue weighted by molar-refractivity contribution is 6.19. The van der Waals surface area contributed by atoms with Gasteiger partial charge in [-0.3, -0.25) is 38.6 Å². The number of Topliss-reactive ketones (excluding diaryl/α,β-unsaturated/α-hetero) is 2. The number of ketones is 2. The number of carbonyl (C=O) groups excluding carboxylic acids is 6. The molecule has 0 aliphatic carbocycles. The summed E-state index contributed by atoms with van der Waals surface area (Å²) in [5.41, 5.74) is 0. The number of rotatable bonds is 9. The fourth-order valence-corrected chi connectivity index (χ4v) is 3.00. The summed E-state index contributed by atoms with van der Waals surface area (Å²) in [5.74, 6) is -4.09. The minimum Gasteiger partial charge on any atom is -0.297 e. The van der Waals surface area contributed by atoms with E-state index < -0.39 is 47.3 Å². The van der Waals surface area contributed by atoms with Crippen LogP contribution in [0.2, 0.25) is 0 Å². The van der Waals surface area contributed by atoms with Crippen molar-refractivity contribution < 1.29 is 28.8 Å². The Morgan fingerprint density at radius 1 is 0.769 bits per heavy atom. The summed E-state index contributed by atoms with van der Waals surface area (Å²) in [6.07, 6.45) is 5.14. The third kappa shape index (κ3) is 3.54. The topological polar surface area (TPSA) is 109 Å². The molecule has 8 heteroatoms. The SMILES string of the molecule is CCCCC(=O)C(C(C(=O)CC)N1C(=O)C=CC1=O)N1C(=O)C=CC1=O. The first kappa shape index (κ1) is 19.4. The zero-order valence-electron chi connectivity index (χ0n) is 14.6. The number of imide groups is 2. The molecule has 2 aliphatic rings. The van der Waals surface area contributed by atoms with Gasteiger partial charge in [0.05, 0.1) is 0 Å². The maximum absolute atomic E-state index is 12.8. The van der Waals surface area contributed by atoms with Crippen molar-refractivity contribution in [1.29, 1.82) is 0 Å². The van der Waals surface area contributed by atoms with Crippen LogP contribution >= 0.6 is 0 Å². The molecule has 0 radical (unpaired) electrons. The largest absolute Gasteiger partial charge is 0.297 e. The van der Waals surface area contributed by atoms with Gasteiger partial charge in [-0.15, -0.1) is 0 Å². The molecule has 0 spiro atoms. The quantitative estimate of drug-likeness (QED) is 0.548. The van der Waals surface area contributed by atoms with Gasteiger partial charge in [-0.2, -0.15) is 0 Å². The Balaban J connectivity index is 2.51. The molecule has 2 heterocycles. The molecular formula is C18H20N2O6. The Labute approximate surface area is 150 Å². The van der Waals surface area contributed by atoms with Crippen LogP contribution in [0, 0.1) is 0 Å². The van der Waals surface area contributed by atoms with Crippen molar-refractivity contribution >= 4 is 35.2 Å². The second-order valence-electron chi connectivity index (χ2n) is 6.04. The number of carbonyl (C=O) groups is 6. The van der Waals surface area contributed by atoms with Gasteiger partial charge in [-0.1, -0.05) is 20.3 Å². The summed E-state index contributed by atoms with van der Waals surface area (Å²) in [6.45, 7) is 3.38. The number of hydrogen-bond acceptors (Lipinski definition) is 6. The number of nitrogens with zero attached hydrogens (tertiary/aromatic N) is 2. The summed E-state index contributed by atoms with van der Waals surface area (Å²) < 4.78 is 0. The van der Waals surface area contributed by atoms with Crippen LogP contribution in [0.25, 0.3) is 0 Å². The average Bonchev–Trinajstić information content (AvgIpc) is 3.12. The molecule has 0 saturated carbocycles. The third-order valence-electron chi connectivity index (χ3n) is 4.33. The molecule has 0 bridgehead atoms. The van der Waals surface area contributed by atoms with E-state index in [4.69, 9.17) is 0 Å². The van der Waals surface area contributed by atoms with Crippen LogP contribution in [0.5, 0.6) is 0 Å². The van der Waals surface area contributed by atoms with E-state index >= 15 is 0 Å². The van der Waals surface area contributed by atoms with Crippen molar-refractivity contribution in [2.45, 2.75) is 51.6 Å². The summed E-state index contributed by atoms with van der Waals surface area (Å²) in [7, 11) is 0. The molecular weight excluding hydrogens is 340 g/mol. The molecule has 2 rings (SSSR count). The van der Waals surface area contributed by atoms with Gasteiger partial charge in [0.2, 0.25) is 0 Å². The highest BCUT2D eigenvalue weighted by Crippen LogP contribution is 2.23. The van der Waals surface area contributed by atoms with Crippen LogP contribution < -0.4 is 0 Å². The Morgan fingerprint density at radius 3 is 1.50 bits per heavy atom. The lowest BCUT2D eigenvalue weighted by molar-refractivity contribution is -0.155. The van der Waals surface area contributed by atoms with Crippen LogP contribution in [0.15, 0.2) is 24.3 Å². The molecule has 26 heavy (non-hydrogen) atoms. The normalized spacial score (nSPS) is 18.8. The van der Waals surface area contributed by atoms with E-state index in [2.05, 4.69) is 0 Å². The Kier molecular flexibility index (Phi) is 5.97. The van der Waals surface area contributed by atoms with Gasteiger partial charge < -0.3 is 0 Å². The molecule has 0 aromatic heterocycles. The van der Waals surface area contributed by atoms with Gasteiger partial charge in [-0.05, 0) is 6.42 Å². The number of amides is 4. The fourth-order valence-electron chi connectivity index (χ4n) is 3.00. The van der Waals surface area contributed by atoms with Crippen molar-refractivity contribution in [3.63, 3.8) is 0 Å². The molecule has 138 valence electrons. The molecule has 0 aromatic carbocycles. The molecule has 0 saturated heterocycles. The first-order valence-corrected chi connectivity index (χ1v) is 8.49. The lowest BCUT2D eigenvalue weighted by atomic mass is 9.92. The molecule has 0 fully saturated rings. The lowest BCUT2D eigenvalue weighted by Crippen LogP contribution is -2.61. The summed E-state index contributed by atoms with van der Waals surface area (Å²) in [4.78, 5) is 75.3. The standard InChI is InChI=1S/C18H20N2O6/c1-3-5-6-12(22)18(20-15(25)9-10-16(20)26)17(11(21)4-2)19-13(23)7-8-14(19)24/h7-10,17-18H,3-6H2,1-2H3. The second-order valence-corrected chi connectivity index (χ2v) is 6.04. The van der Waals surface area contributed by atoms with E-state index in [9.17, 15) is 28.8 Å². The fraction of sp³-hybridized carbons (Fsp3) is 0.444. The van der Waals surface area contributed by atoms with E-state index in [1.54, 1.807) is 0 Å².